The summed E-state index contributed by atoms with van der Waals surface area (Å²) in [5, 5.41) is 3.01. The Morgan fingerprint density at radius 1 is 1.18 bits per heavy atom. The minimum atomic E-state index is -4.52. The Morgan fingerprint density at radius 2 is 1.82 bits per heavy atom. The van der Waals surface area contributed by atoms with Crippen LogP contribution < -0.4 is 5.32 Å². The van der Waals surface area contributed by atoms with Crippen LogP contribution in [0.5, 0.6) is 0 Å². The summed E-state index contributed by atoms with van der Waals surface area (Å²) in [7, 11) is 0. The highest BCUT2D eigenvalue weighted by Crippen LogP contribution is 2.30. The number of nitrogens with one attached hydrogen (secondary N) is 1. The van der Waals surface area contributed by atoms with Crippen LogP contribution in [0, 0.1) is 11.8 Å². The molecule has 17 heavy (non-hydrogen) atoms. The van der Waals surface area contributed by atoms with E-state index < -0.39 is 6.36 Å². The van der Waals surface area contributed by atoms with E-state index in [2.05, 4.69) is 10.1 Å². The Hall–Kier alpha value is 0. The van der Waals surface area contributed by atoms with E-state index in [9.17, 15) is 13.2 Å². The molecule has 1 N–H and O–H groups in total. The number of hydrogen-bond donors (Lipinski definition) is 1. The third-order valence-corrected chi connectivity index (χ3v) is 3.61. The van der Waals surface area contributed by atoms with Gasteiger partial charge in [-0.1, -0.05) is 12.8 Å². The van der Waals surface area contributed by atoms with Crippen LogP contribution in [0.2, 0.25) is 0 Å². The summed E-state index contributed by atoms with van der Waals surface area (Å²) in [5.74, 6) is 1.64. The van der Waals surface area contributed by atoms with Crippen molar-refractivity contribution in [1.82, 2.24) is 5.32 Å². The average Bonchev–Trinajstić information content (AvgIpc) is 2.27. The lowest BCUT2D eigenvalue weighted by Crippen LogP contribution is -2.33. The van der Waals surface area contributed by atoms with Gasteiger partial charge in [0.05, 0.1) is 6.61 Å². The van der Waals surface area contributed by atoms with Gasteiger partial charge in [-0.05, 0) is 31.2 Å². The number of alkyl halides is 4. The second-order valence-corrected chi connectivity index (χ2v) is 4.77. The average molecular weight is 274 g/mol. The first-order chi connectivity index (χ1) is 8.03. The molecule has 0 aliphatic heterocycles. The van der Waals surface area contributed by atoms with Gasteiger partial charge in [0, 0.05) is 12.4 Å². The van der Waals surface area contributed by atoms with Crippen molar-refractivity contribution in [2.45, 2.75) is 32.0 Å². The smallest absolute Gasteiger partial charge is 0.314 e. The number of rotatable bonds is 6. The van der Waals surface area contributed by atoms with Gasteiger partial charge in [-0.15, -0.1) is 24.8 Å². The van der Waals surface area contributed by atoms with Crippen LogP contribution >= 0.6 is 11.6 Å². The minimum Gasteiger partial charge on any atom is -0.314 e. The van der Waals surface area contributed by atoms with E-state index in [-0.39, 0.29) is 13.2 Å². The van der Waals surface area contributed by atoms with Gasteiger partial charge in [0.25, 0.3) is 0 Å². The van der Waals surface area contributed by atoms with Crippen molar-refractivity contribution in [3.05, 3.63) is 0 Å². The molecule has 0 spiro atoms. The molecule has 1 fully saturated rings. The fourth-order valence-corrected chi connectivity index (χ4v) is 2.69. The Labute approximate surface area is 105 Å². The van der Waals surface area contributed by atoms with E-state index in [1.807, 2.05) is 0 Å². The van der Waals surface area contributed by atoms with E-state index in [1.54, 1.807) is 0 Å². The van der Waals surface area contributed by atoms with Crippen molar-refractivity contribution in [2.75, 3.05) is 25.6 Å². The maximum Gasteiger partial charge on any atom is 0.522 e. The van der Waals surface area contributed by atoms with Gasteiger partial charge < -0.3 is 5.32 Å². The summed E-state index contributed by atoms with van der Waals surface area (Å²) in [6, 6.07) is 0. The van der Waals surface area contributed by atoms with Crippen molar-refractivity contribution >= 4 is 11.6 Å². The quantitative estimate of drug-likeness (QED) is 0.593. The Bertz CT molecular complexity index is 213. The normalized spacial score (nSPS) is 26.1. The molecule has 1 aliphatic rings. The molecule has 1 aliphatic carbocycles. The molecule has 102 valence electrons. The lowest BCUT2D eigenvalue weighted by molar-refractivity contribution is -0.323. The van der Waals surface area contributed by atoms with E-state index in [0.29, 0.717) is 17.7 Å². The van der Waals surface area contributed by atoms with Gasteiger partial charge in [-0.2, -0.15) is 0 Å². The van der Waals surface area contributed by atoms with Crippen molar-refractivity contribution in [3.8, 4) is 0 Å². The molecule has 2 nitrogen and oxygen atoms in total. The standard InChI is InChI=1S/C11H19ClF3NO/c12-7-9-3-1-2-4-10(9)8-16-5-6-17-11(13,14)15/h9-10,16H,1-8H2. The van der Waals surface area contributed by atoms with Crippen LogP contribution in [-0.4, -0.2) is 31.9 Å². The van der Waals surface area contributed by atoms with Crippen LogP contribution in [0.1, 0.15) is 25.7 Å². The van der Waals surface area contributed by atoms with Gasteiger partial charge >= 0.3 is 6.36 Å². The second kappa shape index (κ2) is 7.44. The molecule has 0 aromatic heterocycles. The monoisotopic (exact) mass is 273 g/mol. The van der Waals surface area contributed by atoms with E-state index in [1.165, 1.54) is 12.8 Å². The highest BCUT2D eigenvalue weighted by atomic mass is 35.5. The maximum atomic E-state index is 11.7. The Kier molecular flexibility index (Phi) is 6.59. The number of halogens is 4. The predicted molar refractivity (Wildman–Crippen MR) is 61.0 cm³/mol. The minimum absolute atomic E-state index is 0.227. The molecule has 0 heterocycles. The van der Waals surface area contributed by atoms with Crippen molar-refractivity contribution in [3.63, 3.8) is 0 Å². The van der Waals surface area contributed by atoms with E-state index >= 15 is 0 Å². The highest BCUT2D eigenvalue weighted by molar-refractivity contribution is 6.18. The lowest BCUT2D eigenvalue weighted by Gasteiger charge is -2.30. The highest BCUT2D eigenvalue weighted by Gasteiger charge is 2.28. The molecule has 6 heteroatoms. The molecular formula is C11H19ClF3NO. The summed E-state index contributed by atoms with van der Waals surface area (Å²) in [4.78, 5) is 0. The van der Waals surface area contributed by atoms with Crippen molar-refractivity contribution in [2.24, 2.45) is 11.8 Å². The SMILES string of the molecule is FC(F)(F)OCCNCC1CCCCC1CCl. The molecule has 2 unspecified atom stereocenters. The summed E-state index contributed by atoms with van der Waals surface area (Å²) >= 11 is 5.87. The lowest BCUT2D eigenvalue weighted by atomic mass is 9.80. The molecule has 0 radical (unpaired) electrons. The largest absolute Gasteiger partial charge is 0.522 e. The third-order valence-electron chi connectivity index (χ3n) is 3.22. The molecule has 0 saturated heterocycles. The summed E-state index contributed by atoms with van der Waals surface area (Å²) in [6.45, 7) is 0.630. The summed E-state index contributed by atoms with van der Waals surface area (Å²) < 4.78 is 38.7. The number of hydrogen-bond acceptors (Lipinski definition) is 2. The van der Waals surface area contributed by atoms with Gasteiger partial charge in [-0.25, -0.2) is 0 Å². The van der Waals surface area contributed by atoms with Crippen LogP contribution in [0.15, 0.2) is 0 Å². The van der Waals surface area contributed by atoms with Gasteiger partial charge in [-0.3, -0.25) is 4.74 Å². The molecule has 0 aromatic carbocycles. The third kappa shape index (κ3) is 6.48. The first-order valence-corrected chi connectivity index (χ1v) is 6.53. The fraction of sp³-hybridized carbons (Fsp3) is 1.00. The van der Waals surface area contributed by atoms with Crippen LogP contribution in [0.4, 0.5) is 13.2 Å². The zero-order valence-corrected chi connectivity index (χ0v) is 10.5. The van der Waals surface area contributed by atoms with Gasteiger partial charge in [0.15, 0.2) is 0 Å². The molecule has 0 amide bonds. The van der Waals surface area contributed by atoms with E-state index in [4.69, 9.17) is 11.6 Å². The van der Waals surface area contributed by atoms with Crippen molar-refractivity contribution in [1.29, 1.82) is 0 Å². The van der Waals surface area contributed by atoms with Crippen LogP contribution in [0.25, 0.3) is 0 Å². The number of ether oxygens (including phenoxy) is 1. The second-order valence-electron chi connectivity index (χ2n) is 4.46. The Morgan fingerprint density at radius 3 is 2.41 bits per heavy atom. The van der Waals surface area contributed by atoms with Gasteiger partial charge in [0.1, 0.15) is 0 Å². The molecule has 0 bridgehead atoms. The maximum absolute atomic E-state index is 11.7. The summed E-state index contributed by atoms with van der Waals surface area (Å²) in [6.07, 6.45) is 0.133. The molecule has 1 saturated carbocycles. The molecule has 1 rings (SSSR count). The zero-order chi connectivity index (χ0) is 12.7. The summed E-state index contributed by atoms with van der Waals surface area (Å²) in [5.41, 5.74) is 0. The zero-order valence-electron chi connectivity index (χ0n) is 9.73. The molecular weight excluding hydrogens is 255 g/mol. The van der Waals surface area contributed by atoms with Crippen LogP contribution in [-0.2, 0) is 4.74 Å². The Balaban J connectivity index is 2.08. The first-order valence-electron chi connectivity index (χ1n) is 6.00. The fourth-order valence-electron chi connectivity index (χ4n) is 2.28. The topological polar surface area (TPSA) is 21.3 Å². The molecule has 2 atom stereocenters. The predicted octanol–water partition coefficient (Wildman–Crippen LogP) is 3.16. The van der Waals surface area contributed by atoms with Gasteiger partial charge in [0.2, 0.25) is 0 Å². The van der Waals surface area contributed by atoms with Crippen LogP contribution in [0.3, 0.4) is 0 Å². The first kappa shape index (κ1) is 15.1. The molecule has 0 aromatic rings. The van der Waals surface area contributed by atoms with Crippen molar-refractivity contribution < 1.29 is 17.9 Å². The van der Waals surface area contributed by atoms with E-state index in [0.717, 1.165) is 19.4 Å².